The van der Waals surface area contributed by atoms with Gasteiger partial charge in [-0.15, -0.1) is 0 Å². The molecule has 0 saturated heterocycles. The number of hydrogen-bond donors (Lipinski definition) is 0. The lowest BCUT2D eigenvalue weighted by Gasteiger charge is -2.37. The molecule has 0 aliphatic heterocycles. The van der Waals surface area contributed by atoms with Crippen LogP contribution in [-0.2, 0) is 12.0 Å². The van der Waals surface area contributed by atoms with E-state index in [2.05, 4.69) is 62.1 Å². The number of rotatable bonds is 10. The second-order valence-electron chi connectivity index (χ2n) is 8.72. The van der Waals surface area contributed by atoms with Crippen LogP contribution >= 0.6 is 0 Å². The third-order valence-electron chi connectivity index (χ3n) is 6.52. The van der Waals surface area contributed by atoms with Crippen molar-refractivity contribution in [1.29, 1.82) is 5.26 Å². The zero-order valence-corrected chi connectivity index (χ0v) is 17.9. The quantitative estimate of drug-likeness (QED) is 0.463. The third kappa shape index (κ3) is 5.06. The fraction of sp³-hybridized carbons (Fsp3) is 0.500. The van der Waals surface area contributed by atoms with Crippen molar-refractivity contribution in [2.24, 2.45) is 5.92 Å². The number of benzene rings is 2. The first kappa shape index (κ1) is 21.5. The Hall–Kier alpha value is -2.18. The molecule has 1 aliphatic rings. The number of hydrogen-bond acceptors (Lipinski definition) is 2. The zero-order chi connectivity index (χ0) is 20.9. The summed E-state index contributed by atoms with van der Waals surface area (Å²) >= 11 is 0. The Bertz CT molecular complexity index is 805. The molecule has 0 bridgehead atoms. The summed E-state index contributed by atoms with van der Waals surface area (Å²) in [4.78, 5) is 2.56. The third-order valence-corrected chi connectivity index (χ3v) is 6.52. The highest BCUT2D eigenvalue weighted by atomic mass is 19.1. The van der Waals surface area contributed by atoms with Gasteiger partial charge in [-0.05, 0) is 75.1 Å². The normalized spacial score (nSPS) is 17.1. The van der Waals surface area contributed by atoms with E-state index in [1.165, 1.54) is 17.7 Å². The van der Waals surface area contributed by atoms with Gasteiger partial charge in [-0.1, -0.05) is 49.4 Å². The maximum Gasteiger partial charge on any atom is 0.123 e. The summed E-state index contributed by atoms with van der Waals surface area (Å²) in [5.41, 5.74) is 1.82. The molecule has 2 atom stereocenters. The second-order valence-corrected chi connectivity index (χ2v) is 8.72. The summed E-state index contributed by atoms with van der Waals surface area (Å²) in [7, 11) is 0. The van der Waals surface area contributed by atoms with Gasteiger partial charge in [-0.25, -0.2) is 4.39 Å². The zero-order valence-electron chi connectivity index (χ0n) is 17.9. The van der Waals surface area contributed by atoms with Crippen LogP contribution in [0, 0.1) is 23.1 Å². The van der Waals surface area contributed by atoms with Gasteiger partial charge in [0.15, 0.2) is 0 Å². The Labute approximate surface area is 175 Å². The first-order valence-electron chi connectivity index (χ1n) is 11.0. The molecule has 0 heterocycles. The van der Waals surface area contributed by atoms with Crippen molar-refractivity contribution in [2.75, 3.05) is 0 Å². The van der Waals surface area contributed by atoms with E-state index in [0.717, 1.165) is 44.2 Å². The molecule has 2 nitrogen and oxygen atoms in total. The van der Waals surface area contributed by atoms with E-state index >= 15 is 0 Å². The summed E-state index contributed by atoms with van der Waals surface area (Å²) < 4.78 is 13.5. The average Bonchev–Trinajstić information content (AvgIpc) is 3.58. The molecule has 3 rings (SSSR count). The Morgan fingerprint density at radius 1 is 1.10 bits per heavy atom. The Morgan fingerprint density at radius 3 is 2.28 bits per heavy atom. The lowest BCUT2D eigenvalue weighted by molar-refractivity contribution is 0.125. The van der Waals surface area contributed by atoms with Gasteiger partial charge in [0.1, 0.15) is 5.82 Å². The monoisotopic (exact) mass is 392 g/mol. The molecule has 1 aliphatic carbocycles. The molecule has 0 spiro atoms. The van der Waals surface area contributed by atoms with E-state index in [0.29, 0.717) is 18.0 Å². The van der Waals surface area contributed by atoms with E-state index in [1.807, 2.05) is 12.1 Å². The molecule has 0 amide bonds. The van der Waals surface area contributed by atoms with Crippen molar-refractivity contribution >= 4 is 0 Å². The summed E-state index contributed by atoms with van der Waals surface area (Å²) in [6, 6.07) is 20.8. The van der Waals surface area contributed by atoms with Crippen molar-refractivity contribution in [3.8, 4) is 6.07 Å². The van der Waals surface area contributed by atoms with Crippen LogP contribution in [0.15, 0.2) is 54.6 Å². The highest BCUT2D eigenvalue weighted by Gasteiger charge is 2.47. The van der Waals surface area contributed by atoms with Crippen molar-refractivity contribution in [1.82, 2.24) is 4.90 Å². The predicted molar refractivity (Wildman–Crippen MR) is 117 cm³/mol. The van der Waals surface area contributed by atoms with Gasteiger partial charge < -0.3 is 0 Å². The first-order valence-corrected chi connectivity index (χ1v) is 11.0. The summed E-state index contributed by atoms with van der Waals surface area (Å²) in [6.45, 7) is 7.68. The smallest absolute Gasteiger partial charge is 0.123 e. The summed E-state index contributed by atoms with van der Waals surface area (Å²) in [5.74, 6) is 0.161. The molecular weight excluding hydrogens is 359 g/mol. The van der Waals surface area contributed by atoms with Crippen molar-refractivity contribution < 1.29 is 4.39 Å². The van der Waals surface area contributed by atoms with Crippen LogP contribution in [0.5, 0.6) is 0 Å². The van der Waals surface area contributed by atoms with Crippen LogP contribution in [0.3, 0.4) is 0 Å². The van der Waals surface area contributed by atoms with Crippen LogP contribution in [0.2, 0.25) is 0 Å². The minimum atomic E-state index is -0.490. The Balaban J connectivity index is 1.79. The molecule has 1 fully saturated rings. The van der Waals surface area contributed by atoms with Crippen LogP contribution in [0.4, 0.5) is 4.39 Å². The maximum atomic E-state index is 13.5. The topological polar surface area (TPSA) is 27.0 Å². The molecule has 29 heavy (non-hydrogen) atoms. The molecule has 2 aromatic carbocycles. The molecule has 2 unspecified atom stereocenters. The standard InChI is InChI=1S/C26H33FN2/c1-4-25(29(20(2)3)18-21-8-6-5-7-9-21)16-17-26(19-28,22-10-11-22)23-12-14-24(27)15-13-23/h5-9,12-15,20,22,25H,4,10-11,16-18H2,1-3H3. The molecule has 0 radical (unpaired) electrons. The van der Waals surface area contributed by atoms with E-state index < -0.39 is 5.41 Å². The van der Waals surface area contributed by atoms with Crippen LogP contribution < -0.4 is 0 Å². The van der Waals surface area contributed by atoms with Gasteiger partial charge in [0, 0.05) is 18.6 Å². The van der Waals surface area contributed by atoms with E-state index in [9.17, 15) is 9.65 Å². The first-order chi connectivity index (χ1) is 14.0. The number of halogens is 1. The van der Waals surface area contributed by atoms with Gasteiger partial charge in [-0.2, -0.15) is 5.26 Å². The molecule has 0 N–H and O–H groups in total. The number of nitriles is 1. The lowest BCUT2D eigenvalue weighted by Crippen LogP contribution is -2.41. The van der Waals surface area contributed by atoms with Gasteiger partial charge >= 0.3 is 0 Å². The highest BCUT2D eigenvalue weighted by molar-refractivity contribution is 5.35. The molecule has 1 saturated carbocycles. The summed E-state index contributed by atoms with van der Waals surface area (Å²) in [5, 5.41) is 10.2. The van der Waals surface area contributed by atoms with Gasteiger partial charge in [0.25, 0.3) is 0 Å². The molecule has 0 aromatic heterocycles. The van der Waals surface area contributed by atoms with Crippen LogP contribution in [0.25, 0.3) is 0 Å². The molecular formula is C26H33FN2. The van der Waals surface area contributed by atoms with Gasteiger partial charge in [-0.3, -0.25) is 4.90 Å². The number of nitrogens with zero attached hydrogens (tertiary/aromatic N) is 2. The Morgan fingerprint density at radius 2 is 1.76 bits per heavy atom. The van der Waals surface area contributed by atoms with E-state index in [4.69, 9.17) is 0 Å². The average molecular weight is 393 g/mol. The fourth-order valence-electron chi connectivity index (χ4n) is 4.65. The fourth-order valence-corrected chi connectivity index (χ4v) is 4.65. The maximum absolute atomic E-state index is 13.5. The summed E-state index contributed by atoms with van der Waals surface area (Å²) in [6.07, 6.45) is 5.05. The van der Waals surface area contributed by atoms with Gasteiger partial charge in [0.05, 0.1) is 11.5 Å². The van der Waals surface area contributed by atoms with Crippen molar-refractivity contribution in [2.45, 2.75) is 76.9 Å². The largest absolute Gasteiger partial charge is 0.294 e. The highest BCUT2D eigenvalue weighted by Crippen LogP contribution is 2.50. The minimum absolute atomic E-state index is 0.239. The SMILES string of the molecule is CCC(CCC(C#N)(c1ccc(F)cc1)C1CC1)N(Cc1ccccc1)C(C)C. The molecule has 2 aromatic rings. The lowest BCUT2D eigenvalue weighted by atomic mass is 9.73. The molecule has 3 heteroatoms. The van der Waals surface area contributed by atoms with Crippen LogP contribution in [-0.4, -0.2) is 17.0 Å². The van der Waals surface area contributed by atoms with E-state index in [-0.39, 0.29) is 5.82 Å². The molecule has 154 valence electrons. The van der Waals surface area contributed by atoms with Crippen molar-refractivity contribution in [3.63, 3.8) is 0 Å². The van der Waals surface area contributed by atoms with E-state index in [1.54, 1.807) is 0 Å². The van der Waals surface area contributed by atoms with Crippen molar-refractivity contribution in [3.05, 3.63) is 71.5 Å². The van der Waals surface area contributed by atoms with Crippen LogP contribution in [0.1, 0.15) is 64.0 Å². The Kier molecular flexibility index (Phi) is 7.09. The second kappa shape index (κ2) is 9.55. The predicted octanol–water partition coefficient (Wildman–Crippen LogP) is 6.47. The van der Waals surface area contributed by atoms with Gasteiger partial charge in [0.2, 0.25) is 0 Å². The minimum Gasteiger partial charge on any atom is -0.294 e.